The van der Waals surface area contributed by atoms with Crippen LogP contribution in [0.25, 0.3) is 0 Å². The third-order valence-corrected chi connectivity index (χ3v) is 6.74. The lowest BCUT2D eigenvalue weighted by Gasteiger charge is -2.27. The van der Waals surface area contributed by atoms with Gasteiger partial charge in [-0.05, 0) is 31.7 Å². The maximum absolute atomic E-state index is 12.7. The van der Waals surface area contributed by atoms with Gasteiger partial charge >= 0.3 is 6.03 Å². The van der Waals surface area contributed by atoms with Crippen LogP contribution in [0.15, 0.2) is 24.3 Å². The Hall–Kier alpha value is -2.15. The van der Waals surface area contributed by atoms with Crippen molar-refractivity contribution in [3.8, 4) is 0 Å². The van der Waals surface area contributed by atoms with Gasteiger partial charge in [-0.1, -0.05) is 49.1 Å². The normalized spacial score (nSPS) is 18.5. The molecule has 156 valence electrons. The molecule has 2 aliphatic rings. The molecule has 7 heteroatoms. The first kappa shape index (κ1) is 20.1. The highest BCUT2D eigenvalue weighted by molar-refractivity contribution is 7.09. The Kier molecular flexibility index (Phi) is 6.64. The van der Waals surface area contributed by atoms with Gasteiger partial charge in [0.15, 0.2) is 0 Å². The third kappa shape index (κ3) is 5.47. The molecule has 29 heavy (non-hydrogen) atoms. The van der Waals surface area contributed by atoms with Crippen LogP contribution in [0, 0.1) is 6.92 Å². The van der Waals surface area contributed by atoms with Gasteiger partial charge < -0.3 is 15.1 Å². The first-order chi connectivity index (χ1) is 14.2. The minimum absolute atomic E-state index is 0.107. The summed E-state index contributed by atoms with van der Waals surface area (Å²) in [6.07, 6.45) is 7.76. The lowest BCUT2D eigenvalue weighted by atomic mass is 9.96. The maximum atomic E-state index is 12.7. The molecule has 0 radical (unpaired) electrons. The van der Waals surface area contributed by atoms with Gasteiger partial charge in [-0.2, -0.15) is 4.37 Å². The summed E-state index contributed by atoms with van der Waals surface area (Å²) < 4.78 is 4.57. The molecule has 0 bridgehead atoms. The number of hydrogen-bond donors (Lipinski definition) is 1. The average Bonchev–Trinajstić information content (AvgIpc) is 3.05. The molecule has 2 fully saturated rings. The van der Waals surface area contributed by atoms with Crippen molar-refractivity contribution in [2.24, 2.45) is 0 Å². The van der Waals surface area contributed by atoms with Crippen LogP contribution in [0.2, 0.25) is 0 Å². The Bertz CT molecular complexity index is 800. The molecule has 1 aromatic heterocycles. The molecular weight excluding hydrogens is 382 g/mol. The van der Waals surface area contributed by atoms with E-state index in [0.717, 1.165) is 62.8 Å². The number of carbonyl (C=O) groups is 1. The van der Waals surface area contributed by atoms with Crippen molar-refractivity contribution in [2.75, 3.05) is 31.1 Å². The Morgan fingerprint density at radius 3 is 2.66 bits per heavy atom. The summed E-state index contributed by atoms with van der Waals surface area (Å²) in [7, 11) is 0. The lowest BCUT2D eigenvalue weighted by Crippen LogP contribution is -2.46. The van der Waals surface area contributed by atoms with E-state index in [1.165, 1.54) is 41.9 Å². The second-order valence-corrected chi connectivity index (χ2v) is 9.00. The van der Waals surface area contributed by atoms with Crippen LogP contribution in [0.1, 0.15) is 55.5 Å². The SMILES string of the molecule is Cc1ccc(Cc2nsc(N3CCCN(C(=O)NC4CCCCC4)CC3)n2)cc1. The number of aromatic nitrogens is 2. The van der Waals surface area contributed by atoms with Crippen molar-refractivity contribution in [1.29, 1.82) is 0 Å². The summed E-state index contributed by atoms with van der Waals surface area (Å²) >= 11 is 1.47. The molecule has 0 unspecified atom stereocenters. The molecule has 0 spiro atoms. The van der Waals surface area contributed by atoms with E-state index in [9.17, 15) is 4.79 Å². The molecule has 2 amide bonds. The molecule has 1 N–H and O–H groups in total. The average molecular weight is 414 g/mol. The van der Waals surface area contributed by atoms with Gasteiger partial charge in [0.25, 0.3) is 0 Å². The minimum Gasteiger partial charge on any atom is -0.345 e. The predicted octanol–water partition coefficient (Wildman–Crippen LogP) is 3.99. The molecule has 0 atom stereocenters. The molecule has 1 saturated heterocycles. The van der Waals surface area contributed by atoms with Gasteiger partial charge in [-0.3, -0.25) is 0 Å². The van der Waals surface area contributed by atoms with Crippen molar-refractivity contribution < 1.29 is 4.79 Å². The molecule has 1 aromatic carbocycles. The van der Waals surface area contributed by atoms with Crippen molar-refractivity contribution in [3.63, 3.8) is 0 Å². The monoisotopic (exact) mass is 413 g/mol. The zero-order chi connectivity index (χ0) is 20.1. The van der Waals surface area contributed by atoms with Crippen LogP contribution in [0.4, 0.5) is 9.93 Å². The fraction of sp³-hybridized carbons (Fsp3) is 0.591. The fourth-order valence-electron chi connectivity index (χ4n) is 4.16. The van der Waals surface area contributed by atoms with Crippen molar-refractivity contribution in [3.05, 3.63) is 41.2 Å². The van der Waals surface area contributed by atoms with Crippen molar-refractivity contribution in [1.82, 2.24) is 19.6 Å². The van der Waals surface area contributed by atoms with Gasteiger partial charge in [-0.25, -0.2) is 9.78 Å². The molecule has 1 saturated carbocycles. The quantitative estimate of drug-likeness (QED) is 0.823. The van der Waals surface area contributed by atoms with Crippen LogP contribution in [0.5, 0.6) is 0 Å². The van der Waals surface area contributed by atoms with Crippen LogP contribution in [-0.2, 0) is 6.42 Å². The zero-order valence-corrected chi connectivity index (χ0v) is 18.1. The lowest BCUT2D eigenvalue weighted by molar-refractivity contribution is 0.193. The van der Waals surface area contributed by atoms with Crippen molar-refractivity contribution >= 4 is 22.7 Å². The van der Waals surface area contributed by atoms with E-state index in [2.05, 4.69) is 45.8 Å². The zero-order valence-electron chi connectivity index (χ0n) is 17.3. The molecule has 2 aromatic rings. The number of aryl methyl sites for hydroxylation is 1. The van der Waals surface area contributed by atoms with E-state index >= 15 is 0 Å². The number of hydrogen-bond acceptors (Lipinski definition) is 5. The summed E-state index contributed by atoms with van der Waals surface area (Å²) in [5.74, 6) is 0.880. The number of amides is 2. The number of benzene rings is 1. The van der Waals surface area contributed by atoms with E-state index in [0.29, 0.717) is 6.04 Å². The van der Waals surface area contributed by atoms with Crippen LogP contribution < -0.4 is 10.2 Å². The number of carbonyl (C=O) groups excluding carboxylic acids is 1. The van der Waals surface area contributed by atoms with Gasteiger partial charge in [-0.15, -0.1) is 0 Å². The number of anilines is 1. The van der Waals surface area contributed by atoms with Gasteiger partial charge in [0.1, 0.15) is 5.82 Å². The van der Waals surface area contributed by atoms with E-state index in [-0.39, 0.29) is 6.03 Å². The number of nitrogens with zero attached hydrogens (tertiary/aromatic N) is 4. The van der Waals surface area contributed by atoms with Crippen LogP contribution >= 0.6 is 11.5 Å². The van der Waals surface area contributed by atoms with Crippen LogP contribution in [-0.4, -0.2) is 52.5 Å². The first-order valence-corrected chi connectivity index (χ1v) is 11.6. The Morgan fingerprint density at radius 2 is 1.86 bits per heavy atom. The Morgan fingerprint density at radius 1 is 1.07 bits per heavy atom. The van der Waals surface area contributed by atoms with E-state index in [1.807, 2.05) is 4.90 Å². The fourth-order valence-corrected chi connectivity index (χ4v) is 4.89. The standard InChI is InChI=1S/C22H31N5OS/c1-17-8-10-18(11-9-17)16-20-24-22(29-25-20)27-13-5-12-26(14-15-27)21(28)23-19-6-3-2-4-7-19/h8-11,19H,2-7,12-16H2,1H3,(H,23,28). The van der Waals surface area contributed by atoms with Crippen molar-refractivity contribution in [2.45, 2.75) is 57.9 Å². The second-order valence-electron chi connectivity index (χ2n) is 8.27. The van der Waals surface area contributed by atoms with Gasteiger partial charge in [0, 0.05) is 50.2 Å². The van der Waals surface area contributed by atoms with Gasteiger partial charge in [0.2, 0.25) is 5.13 Å². The molecule has 4 rings (SSSR count). The van der Waals surface area contributed by atoms with E-state index in [1.54, 1.807) is 0 Å². The number of rotatable bonds is 4. The highest BCUT2D eigenvalue weighted by Gasteiger charge is 2.23. The largest absolute Gasteiger partial charge is 0.345 e. The second kappa shape index (κ2) is 9.57. The van der Waals surface area contributed by atoms with Crippen LogP contribution in [0.3, 0.4) is 0 Å². The summed E-state index contributed by atoms with van der Waals surface area (Å²) in [6.45, 7) is 5.39. The summed E-state index contributed by atoms with van der Waals surface area (Å²) in [4.78, 5) is 21.7. The highest BCUT2D eigenvalue weighted by atomic mass is 32.1. The minimum atomic E-state index is 0.107. The first-order valence-electron chi connectivity index (χ1n) is 10.9. The third-order valence-electron chi connectivity index (χ3n) is 5.93. The summed E-state index contributed by atoms with van der Waals surface area (Å²) in [5, 5.41) is 4.22. The molecule has 6 nitrogen and oxygen atoms in total. The smallest absolute Gasteiger partial charge is 0.317 e. The van der Waals surface area contributed by atoms with Gasteiger partial charge in [0.05, 0.1) is 0 Å². The van der Waals surface area contributed by atoms with E-state index in [4.69, 9.17) is 4.98 Å². The number of urea groups is 1. The molecule has 1 aliphatic heterocycles. The molecule has 2 heterocycles. The molecular formula is C22H31N5OS. The summed E-state index contributed by atoms with van der Waals surface area (Å²) in [6, 6.07) is 9.02. The summed E-state index contributed by atoms with van der Waals surface area (Å²) in [5.41, 5.74) is 2.50. The van der Waals surface area contributed by atoms with E-state index < -0.39 is 0 Å². The predicted molar refractivity (Wildman–Crippen MR) is 118 cm³/mol. The highest BCUT2D eigenvalue weighted by Crippen LogP contribution is 2.21. The number of nitrogens with one attached hydrogen (secondary N) is 1. The molecule has 1 aliphatic carbocycles. The topological polar surface area (TPSA) is 61.4 Å². The Labute approximate surface area is 177 Å². The maximum Gasteiger partial charge on any atom is 0.317 e. The Balaban J connectivity index is 1.30.